The highest BCUT2D eigenvalue weighted by Crippen LogP contribution is 2.51. The molecule has 0 bridgehead atoms. The van der Waals surface area contributed by atoms with Gasteiger partial charge in [-0.1, -0.05) is 73.6 Å². The molecule has 2 aliphatic carbocycles. The lowest BCUT2D eigenvalue weighted by Crippen LogP contribution is -2.37. The van der Waals surface area contributed by atoms with Gasteiger partial charge in [0.1, 0.15) is 0 Å². The predicted molar refractivity (Wildman–Crippen MR) is 99.0 cm³/mol. The Morgan fingerprint density at radius 2 is 1.27 bits per heavy atom. The molecule has 0 heterocycles. The summed E-state index contributed by atoms with van der Waals surface area (Å²) in [5.41, 5.74) is 1.17. The SMILES string of the molecule is CCC[C@H]1CC[C@@H](C[C@H]2CC[C@@H](CC)CC2(C)C)CC1(C)C. The van der Waals surface area contributed by atoms with Crippen LogP contribution in [0.3, 0.4) is 0 Å². The zero-order valence-corrected chi connectivity index (χ0v) is 16.4. The van der Waals surface area contributed by atoms with Crippen LogP contribution in [0.1, 0.15) is 106 Å². The molecule has 2 rings (SSSR count). The molecule has 0 amide bonds. The van der Waals surface area contributed by atoms with Crippen molar-refractivity contribution in [1.29, 1.82) is 0 Å². The van der Waals surface area contributed by atoms with Crippen molar-refractivity contribution >= 4 is 0 Å². The molecule has 0 heteroatoms. The smallest absolute Gasteiger partial charge is 0.0323 e. The maximum atomic E-state index is 2.56. The van der Waals surface area contributed by atoms with Crippen LogP contribution in [0.4, 0.5) is 0 Å². The molecule has 0 aromatic rings. The summed E-state index contributed by atoms with van der Waals surface area (Å²) in [6.07, 6.45) is 14.7. The average Bonchev–Trinajstić information content (AvgIpc) is 2.43. The second-order valence-electron chi connectivity index (χ2n) is 10.1. The van der Waals surface area contributed by atoms with Gasteiger partial charge < -0.3 is 0 Å². The lowest BCUT2D eigenvalue weighted by Gasteiger charge is -2.47. The molecular formula is C22H42. The highest BCUT2D eigenvalue weighted by molar-refractivity contribution is 4.91. The molecule has 0 unspecified atom stereocenters. The first-order chi connectivity index (χ1) is 10.3. The predicted octanol–water partition coefficient (Wildman–Crippen LogP) is 7.47. The Balaban J connectivity index is 1.92. The molecular weight excluding hydrogens is 264 g/mol. The molecule has 0 aliphatic heterocycles. The quantitative estimate of drug-likeness (QED) is 0.494. The van der Waals surface area contributed by atoms with E-state index in [0.29, 0.717) is 10.8 Å². The Kier molecular flexibility index (Phi) is 6.06. The van der Waals surface area contributed by atoms with Gasteiger partial charge in [-0.25, -0.2) is 0 Å². The summed E-state index contributed by atoms with van der Waals surface area (Å²) < 4.78 is 0. The van der Waals surface area contributed by atoms with E-state index in [4.69, 9.17) is 0 Å². The second-order valence-corrected chi connectivity index (χ2v) is 10.1. The van der Waals surface area contributed by atoms with E-state index in [-0.39, 0.29) is 0 Å². The highest BCUT2D eigenvalue weighted by atomic mass is 14.5. The van der Waals surface area contributed by atoms with Gasteiger partial charge in [-0.2, -0.15) is 0 Å². The first-order valence-electron chi connectivity index (χ1n) is 10.3. The molecule has 0 saturated heterocycles. The van der Waals surface area contributed by atoms with Gasteiger partial charge in [-0.05, 0) is 66.6 Å². The Hall–Kier alpha value is 0. The van der Waals surface area contributed by atoms with Crippen LogP contribution in [-0.4, -0.2) is 0 Å². The van der Waals surface area contributed by atoms with Crippen molar-refractivity contribution in [3.05, 3.63) is 0 Å². The molecule has 0 spiro atoms. The molecule has 2 fully saturated rings. The first-order valence-corrected chi connectivity index (χ1v) is 10.3. The molecule has 0 nitrogen and oxygen atoms in total. The third-order valence-electron chi connectivity index (χ3n) is 7.52. The molecule has 0 aromatic carbocycles. The van der Waals surface area contributed by atoms with Crippen molar-refractivity contribution in [2.45, 2.75) is 106 Å². The van der Waals surface area contributed by atoms with E-state index in [2.05, 4.69) is 41.5 Å². The lowest BCUT2D eigenvalue weighted by atomic mass is 9.58. The van der Waals surface area contributed by atoms with Crippen LogP contribution >= 0.6 is 0 Å². The zero-order valence-electron chi connectivity index (χ0n) is 16.4. The monoisotopic (exact) mass is 306 g/mol. The number of hydrogen-bond donors (Lipinski definition) is 0. The maximum Gasteiger partial charge on any atom is -0.0323 e. The van der Waals surface area contributed by atoms with Gasteiger partial charge in [-0.15, -0.1) is 0 Å². The Morgan fingerprint density at radius 3 is 1.82 bits per heavy atom. The van der Waals surface area contributed by atoms with Crippen LogP contribution in [0.2, 0.25) is 0 Å². The first kappa shape index (κ1) is 18.3. The molecule has 0 aromatic heterocycles. The van der Waals surface area contributed by atoms with Crippen molar-refractivity contribution < 1.29 is 0 Å². The summed E-state index contributed by atoms with van der Waals surface area (Å²) in [7, 11) is 0. The highest BCUT2D eigenvalue weighted by Gasteiger charge is 2.41. The van der Waals surface area contributed by atoms with Gasteiger partial charge >= 0.3 is 0 Å². The third kappa shape index (κ3) is 4.30. The average molecular weight is 307 g/mol. The summed E-state index contributed by atoms with van der Waals surface area (Å²) in [6.45, 7) is 15.0. The summed E-state index contributed by atoms with van der Waals surface area (Å²) in [4.78, 5) is 0. The van der Waals surface area contributed by atoms with E-state index in [1.54, 1.807) is 0 Å². The number of hydrogen-bond acceptors (Lipinski definition) is 0. The van der Waals surface area contributed by atoms with Crippen LogP contribution in [0.25, 0.3) is 0 Å². The Bertz CT molecular complexity index is 338. The Labute approximate surface area is 140 Å². The van der Waals surface area contributed by atoms with E-state index in [1.807, 2.05) is 0 Å². The molecule has 0 N–H and O–H groups in total. The van der Waals surface area contributed by atoms with E-state index in [1.165, 1.54) is 64.2 Å². The van der Waals surface area contributed by atoms with Gasteiger partial charge in [0.2, 0.25) is 0 Å². The normalized spacial score (nSPS) is 37.9. The summed E-state index contributed by atoms with van der Waals surface area (Å²) in [6, 6.07) is 0. The van der Waals surface area contributed by atoms with Gasteiger partial charge in [-0.3, -0.25) is 0 Å². The molecule has 2 saturated carbocycles. The third-order valence-corrected chi connectivity index (χ3v) is 7.52. The van der Waals surface area contributed by atoms with Crippen LogP contribution in [0.15, 0.2) is 0 Å². The molecule has 22 heavy (non-hydrogen) atoms. The largest absolute Gasteiger partial charge is 0.0654 e. The van der Waals surface area contributed by atoms with E-state index < -0.39 is 0 Å². The summed E-state index contributed by atoms with van der Waals surface area (Å²) in [5.74, 6) is 3.98. The molecule has 130 valence electrons. The van der Waals surface area contributed by atoms with Crippen molar-refractivity contribution in [2.24, 2.45) is 34.5 Å². The fourth-order valence-electron chi connectivity index (χ4n) is 5.95. The Morgan fingerprint density at radius 1 is 0.727 bits per heavy atom. The van der Waals surface area contributed by atoms with Crippen molar-refractivity contribution in [1.82, 2.24) is 0 Å². The van der Waals surface area contributed by atoms with E-state index in [9.17, 15) is 0 Å². The van der Waals surface area contributed by atoms with Gasteiger partial charge in [0.15, 0.2) is 0 Å². The minimum absolute atomic E-state index is 0.587. The fraction of sp³-hybridized carbons (Fsp3) is 1.00. The topological polar surface area (TPSA) is 0 Å². The minimum Gasteiger partial charge on any atom is -0.0654 e. The van der Waals surface area contributed by atoms with Crippen LogP contribution < -0.4 is 0 Å². The fourth-order valence-corrected chi connectivity index (χ4v) is 5.95. The summed E-state index contributed by atoms with van der Waals surface area (Å²) >= 11 is 0. The van der Waals surface area contributed by atoms with Crippen molar-refractivity contribution in [3.63, 3.8) is 0 Å². The maximum absolute atomic E-state index is 2.56. The zero-order chi connectivity index (χ0) is 16.4. The van der Waals surface area contributed by atoms with Crippen LogP contribution in [0.5, 0.6) is 0 Å². The lowest BCUT2D eigenvalue weighted by molar-refractivity contribution is 0.0328. The molecule has 2 aliphatic rings. The van der Waals surface area contributed by atoms with Gasteiger partial charge in [0, 0.05) is 0 Å². The molecule has 0 radical (unpaired) electrons. The van der Waals surface area contributed by atoms with Crippen LogP contribution in [-0.2, 0) is 0 Å². The standard InChI is InChI=1S/C22H42/c1-7-9-19-12-11-18(16-21(19,3)4)14-20-13-10-17(8-2)15-22(20,5)6/h17-20H,7-16H2,1-6H3/t17-,18+,19+,20-/m1/s1. The van der Waals surface area contributed by atoms with Crippen molar-refractivity contribution in [2.75, 3.05) is 0 Å². The number of rotatable bonds is 5. The minimum atomic E-state index is 0.587. The van der Waals surface area contributed by atoms with E-state index in [0.717, 1.165) is 23.7 Å². The van der Waals surface area contributed by atoms with E-state index >= 15 is 0 Å². The molecule has 4 atom stereocenters. The second kappa shape index (κ2) is 7.27. The van der Waals surface area contributed by atoms with Gasteiger partial charge in [0.05, 0.1) is 0 Å². The summed E-state index contributed by atoms with van der Waals surface area (Å²) in [5, 5.41) is 0. The van der Waals surface area contributed by atoms with Crippen molar-refractivity contribution in [3.8, 4) is 0 Å². The van der Waals surface area contributed by atoms with Crippen LogP contribution in [0, 0.1) is 34.5 Å². The van der Waals surface area contributed by atoms with Gasteiger partial charge in [0.25, 0.3) is 0 Å².